The van der Waals surface area contributed by atoms with Crippen molar-refractivity contribution in [3.63, 3.8) is 0 Å². The van der Waals surface area contributed by atoms with Crippen LogP contribution in [0.1, 0.15) is 35.6 Å². The van der Waals surface area contributed by atoms with E-state index in [2.05, 4.69) is 72.7 Å². The third-order valence-corrected chi connectivity index (χ3v) is 6.46. The van der Waals surface area contributed by atoms with E-state index < -0.39 is 0 Å². The molecular formula is C27H28N6S. The van der Waals surface area contributed by atoms with Gasteiger partial charge >= 0.3 is 0 Å². The summed E-state index contributed by atoms with van der Waals surface area (Å²) >= 11 is 5.83. The highest BCUT2D eigenvalue weighted by Gasteiger charge is 2.40. The second-order valence-corrected chi connectivity index (χ2v) is 8.74. The van der Waals surface area contributed by atoms with Crippen molar-refractivity contribution in [1.82, 2.24) is 24.8 Å². The molecule has 4 aromatic rings. The molecule has 7 heteroatoms. The van der Waals surface area contributed by atoms with Crippen molar-refractivity contribution >= 4 is 23.0 Å². The average molecular weight is 469 g/mol. The number of para-hydroxylation sites is 1. The average Bonchev–Trinajstić information content (AvgIpc) is 3.47. The lowest BCUT2D eigenvalue weighted by Gasteiger charge is -2.29. The van der Waals surface area contributed by atoms with Crippen LogP contribution in [0.25, 0.3) is 0 Å². The first-order chi connectivity index (χ1) is 16.8. The molecule has 0 aliphatic carbocycles. The molecule has 0 radical (unpaired) electrons. The maximum absolute atomic E-state index is 5.83. The van der Waals surface area contributed by atoms with E-state index in [4.69, 9.17) is 12.2 Å². The van der Waals surface area contributed by atoms with E-state index in [1.54, 1.807) is 0 Å². The molecule has 1 saturated heterocycles. The van der Waals surface area contributed by atoms with Gasteiger partial charge in [-0.25, -0.2) is 0 Å². The summed E-state index contributed by atoms with van der Waals surface area (Å²) in [5.41, 5.74) is 4.35. The van der Waals surface area contributed by atoms with Gasteiger partial charge in [0.25, 0.3) is 0 Å². The fourth-order valence-corrected chi connectivity index (χ4v) is 4.84. The monoisotopic (exact) mass is 468 g/mol. The number of hydrogen-bond donors (Lipinski definition) is 2. The molecule has 0 amide bonds. The van der Waals surface area contributed by atoms with Crippen molar-refractivity contribution in [1.29, 1.82) is 0 Å². The molecule has 1 fully saturated rings. The molecule has 0 saturated carbocycles. The minimum atomic E-state index is -0.0202. The van der Waals surface area contributed by atoms with Gasteiger partial charge in [0.15, 0.2) is 5.11 Å². The minimum Gasteiger partial charge on any atom is -0.385 e. The zero-order valence-electron chi connectivity index (χ0n) is 18.9. The van der Waals surface area contributed by atoms with E-state index in [1.807, 2.05) is 54.9 Å². The Morgan fingerprint density at radius 3 is 2.44 bits per heavy atom. The summed E-state index contributed by atoms with van der Waals surface area (Å²) < 4.78 is 2.27. The van der Waals surface area contributed by atoms with Crippen LogP contribution in [0.2, 0.25) is 0 Å². The zero-order chi connectivity index (χ0) is 23.2. The molecule has 1 aliphatic heterocycles. The van der Waals surface area contributed by atoms with Gasteiger partial charge in [-0.15, -0.1) is 0 Å². The van der Waals surface area contributed by atoms with Crippen molar-refractivity contribution in [2.75, 3.05) is 18.4 Å². The van der Waals surface area contributed by atoms with Crippen molar-refractivity contribution < 1.29 is 0 Å². The van der Waals surface area contributed by atoms with E-state index in [9.17, 15) is 0 Å². The van der Waals surface area contributed by atoms with E-state index >= 15 is 0 Å². The van der Waals surface area contributed by atoms with Gasteiger partial charge in [-0.2, -0.15) is 0 Å². The summed E-state index contributed by atoms with van der Waals surface area (Å²) in [5, 5.41) is 7.83. The number of aromatic nitrogens is 3. The highest BCUT2D eigenvalue weighted by atomic mass is 32.1. The van der Waals surface area contributed by atoms with Crippen molar-refractivity contribution in [3.8, 4) is 0 Å². The lowest BCUT2D eigenvalue weighted by molar-refractivity contribution is 0.303. The van der Waals surface area contributed by atoms with Gasteiger partial charge < -0.3 is 20.1 Å². The number of hydrogen-bond acceptors (Lipinski definition) is 4. The van der Waals surface area contributed by atoms with Gasteiger partial charge in [0, 0.05) is 43.1 Å². The molecule has 34 heavy (non-hydrogen) atoms. The van der Waals surface area contributed by atoms with Gasteiger partial charge in [-0.05, 0) is 67.2 Å². The predicted octanol–water partition coefficient (Wildman–Crippen LogP) is 4.80. The molecule has 0 unspecified atom stereocenters. The Morgan fingerprint density at radius 1 is 0.882 bits per heavy atom. The van der Waals surface area contributed by atoms with Gasteiger partial charge in [0.2, 0.25) is 0 Å². The number of thiocarbonyl (C=S) groups is 1. The van der Waals surface area contributed by atoms with Crippen LogP contribution in [0.5, 0.6) is 0 Å². The second kappa shape index (κ2) is 10.5. The van der Waals surface area contributed by atoms with Crippen LogP contribution in [0.4, 0.5) is 5.69 Å². The van der Waals surface area contributed by atoms with Crippen LogP contribution in [0, 0.1) is 0 Å². The van der Waals surface area contributed by atoms with Crippen molar-refractivity contribution in [2.24, 2.45) is 0 Å². The van der Waals surface area contributed by atoms with Crippen LogP contribution in [-0.2, 0) is 6.54 Å². The normalized spacial score (nSPS) is 17.5. The number of pyridine rings is 2. The fraction of sp³-hybridized carbons (Fsp3) is 0.222. The number of anilines is 1. The van der Waals surface area contributed by atoms with Crippen LogP contribution < -0.4 is 10.6 Å². The molecule has 1 aromatic carbocycles. The van der Waals surface area contributed by atoms with Crippen LogP contribution in [0.15, 0.2) is 97.5 Å². The summed E-state index contributed by atoms with van der Waals surface area (Å²) in [6, 6.07) is 26.7. The molecule has 172 valence electrons. The summed E-state index contributed by atoms with van der Waals surface area (Å²) in [6.45, 7) is 2.43. The second-order valence-electron chi connectivity index (χ2n) is 8.35. The van der Waals surface area contributed by atoms with E-state index in [1.165, 1.54) is 5.69 Å². The maximum atomic E-state index is 5.83. The molecule has 5 rings (SSSR count). The molecule has 0 spiro atoms. The van der Waals surface area contributed by atoms with Crippen LogP contribution in [-0.4, -0.2) is 37.6 Å². The third kappa shape index (κ3) is 4.94. The van der Waals surface area contributed by atoms with E-state index in [-0.39, 0.29) is 12.1 Å². The fourth-order valence-electron chi connectivity index (χ4n) is 4.51. The molecule has 2 atom stereocenters. The summed E-state index contributed by atoms with van der Waals surface area (Å²) in [6.07, 6.45) is 6.77. The lowest BCUT2D eigenvalue weighted by atomic mass is 10.0. The van der Waals surface area contributed by atoms with Gasteiger partial charge in [-0.3, -0.25) is 9.97 Å². The Bertz CT molecular complexity index is 1200. The first-order valence-electron chi connectivity index (χ1n) is 11.6. The minimum absolute atomic E-state index is 0.0202. The smallest absolute Gasteiger partial charge is 0.170 e. The van der Waals surface area contributed by atoms with E-state index in [0.717, 1.165) is 41.7 Å². The molecule has 1 aliphatic rings. The number of benzene rings is 1. The molecule has 4 heterocycles. The standard InChI is InChI=1S/C27H28N6S/c34-27-31-25(23-13-5-7-16-30-23)26(33(27)19-9-17-28-21-10-2-1-3-11-21)24-14-8-18-32(24)20-22-12-4-6-15-29-22/h1-8,10-16,18,25-26,28H,9,17,19-20H2,(H,31,34)/t25-,26-/m1/s1. The first kappa shape index (κ1) is 22.1. The number of rotatable bonds is 9. The summed E-state index contributed by atoms with van der Waals surface area (Å²) in [7, 11) is 0. The van der Waals surface area contributed by atoms with Crippen molar-refractivity contribution in [3.05, 3.63) is 115 Å². The molecule has 6 nitrogen and oxygen atoms in total. The zero-order valence-corrected chi connectivity index (χ0v) is 19.7. The van der Waals surface area contributed by atoms with E-state index in [0.29, 0.717) is 6.54 Å². The first-order valence-corrected chi connectivity index (χ1v) is 12.0. The van der Waals surface area contributed by atoms with Gasteiger partial charge in [0.05, 0.1) is 30.0 Å². The van der Waals surface area contributed by atoms with Crippen LogP contribution >= 0.6 is 12.2 Å². The Balaban J connectivity index is 1.38. The van der Waals surface area contributed by atoms with Gasteiger partial charge in [-0.1, -0.05) is 30.3 Å². The highest BCUT2D eigenvalue weighted by Crippen LogP contribution is 2.38. The third-order valence-electron chi connectivity index (χ3n) is 6.10. The highest BCUT2D eigenvalue weighted by molar-refractivity contribution is 7.80. The lowest BCUT2D eigenvalue weighted by Crippen LogP contribution is -2.32. The number of nitrogens with one attached hydrogen (secondary N) is 2. The SMILES string of the molecule is S=C1N[C@H](c2ccccn2)[C@@H](c2cccn2Cc2ccccn2)N1CCCNc1ccccc1. The summed E-state index contributed by atoms with van der Waals surface area (Å²) in [4.78, 5) is 11.5. The topological polar surface area (TPSA) is 58.0 Å². The largest absolute Gasteiger partial charge is 0.385 e. The molecule has 0 bridgehead atoms. The Hall–Kier alpha value is -3.71. The number of nitrogens with zero attached hydrogens (tertiary/aromatic N) is 4. The Morgan fingerprint density at radius 2 is 1.68 bits per heavy atom. The Kier molecular flexibility index (Phi) is 6.81. The summed E-state index contributed by atoms with van der Waals surface area (Å²) in [5.74, 6) is 0. The molecule has 2 N–H and O–H groups in total. The predicted molar refractivity (Wildman–Crippen MR) is 139 cm³/mol. The van der Waals surface area contributed by atoms with Crippen LogP contribution in [0.3, 0.4) is 0 Å². The van der Waals surface area contributed by atoms with Crippen molar-refractivity contribution in [2.45, 2.75) is 25.0 Å². The molecule has 3 aromatic heterocycles. The Labute approximate surface area is 205 Å². The quantitative estimate of drug-likeness (QED) is 0.272. The van der Waals surface area contributed by atoms with Gasteiger partial charge in [0.1, 0.15) is 0 Å². The maximum Gasteiger partial charge on any atom is 0.170 e. The molecular weight excluding hydrogens is 440 g/mol.